The number of hydrogen-bond donors (Lipinski definition) is 0. The van der Waals surface area contributed by atoms with Crippen molar-refractivity contribution >= 4 is 28.5 Å². The van der Waals surface area contributed by atoms with E-state index in [4.69, 9.17) is 11.6 Å². The van der Waals surface area contributed by atoms with Crippen LogP contribution in [0, 0.1) is 0 Å². The van der Waals surface area contributed by atoms with E-state index in [1.54, 1.807) is 6.20 Å². The fourth-order valence-electron chi connectivity index (χ4n) is 2.87. The van der Waals surface area contributed by atoms with Gasteiger partial charge in [0.1, 0.15) is 0 Å². The van der Waals surface area contributed by atoms with E-state index in [1.807, 2.05) is 24.0 Å². The molecule has 0 atom stereocenters. The summed E-state index contributed by atoms with van der Waals surface area (Å²) in [5.41, 5.74) is 1.81. The van der Waals surface area contributed by atoms with E-state index in [0.717, 1.165) is 42.7 Å². The first-order valence-electron chi connectivity index (χ1n) is 7.37. The first-order chi connectivity index (χ1) is 10.2. The summed E-state index contributed by atoms with van der Waals surface area (Å²) in [6, 6.07) is 5.96. The molecular formula is C16H18ClN3O. The number of rotatable bonds is 2. The second-order valence-electron chi connectivity index (χ2n) is 5.44. The van der Waals surface area contributed by atoms with Crippen LogP contribution in [0.5, 0.6) is 0 Å². The van der Waals surface area contributed by atoms with Gasteiger partial charge in [-0.15, -0.1) is 0 Å². The van der Waals surface area contributed by atoms with E-state index in [1.165, 1.54) is 0 Å². The van der Waals surface area contributed by atoms with Crippen molar-refractivity contribution in [3.05, 3.63) is 35.1 Å². The molecule has 0 radical (unpaired) electrons. The Hall–Kier alpha value is -1.68. The van der Waals surface area contributed by atoms with E-state index in [-0.39, 0.29) is 5.91 Å². The maximum atomic E-state index is 11.7. The maximum absolute atomic E-state index is 11.7. The molecule has 0 aromatic carbocycles. The molecule has 1 aliphatic rings. The average molecular weight is 304 g/mol. The monoisotopic (exact) mass is 303 g/mol. The van der Waals surface area contributed by atoms with Crippen molar-refractivity contribution in [3.8, 4) is 0 Å². The van der Waals surface area contributed by atoms with Gasteiger partial charge in [-0.3, -0.25) is 4.79 Å². The van der Waals surface area contributed by atoms with Crippen LogP contribution in [-0.2, 0) is 4.79 Å². The minimum Gasteiger partial charge on any atom is -0.343 e. The third kappa shape index (κ3) is 3.00. The molecule has 1 fully saturated rings. The Balaban J connectivity index is 1.76. The Morgan fingerprint density at radius 1 is 1.38 bits per heavy atom. The van der Waals surface area contributed by atoms with Crippen molar-refractivity contribution in [2.24, 2.45) is 0 Å². The molecule has 21 heavy (non-hydrogen) atoms. The summed E-state index contributed by atoms with van der Waals surface area (Å²) in [6.45, 7) is 3.56. The first kappa shape index (κ1) is 14.3. The van der Waals surface area contributed by atoms with Crippen LogP contribution in [0.15, 0.2) is 24.4 Å². The fourth-order valence-corrected chi connectivity index (χ4v) is 3.04. The number of nitrogens with zero attached hydrogens (tertiary/aromatic N) is 3. The van der Waals surface area contributed by atoms with Gasteiger partial charge >= 0.3 is 0 Å². The van der Waals surface area contributed by atoms with Gasteiger partial charge in [0.25, 0.3) is 0 Å². The SMILES string of the molecule is CCC(=O)N1CCC(c2ccc3cc(Cl)cnc3n2)CC1. The number of piperidine rings is 1. The zero-order valence-electron chi connectivity index (χ0n) is 12.1. The summed E-state index contributed by atoms with van der Waals surface area (Å²) in [4.78, 5) is 22.6. The van der Waals surface area contributed by atoms with E-state index >= 15 is 0 Å². The lowest BCUT2D eigenvalue weighted by Crippen LogP contribution is -2.37. The summed E-state index contributed by atoms with van der Waals surface area (Å²) >= 11 is 5.94. The molecule has 0 N–H and O–H groups in total. The van der Waals surface area contributed by atoms with Crippen molar-refractivity contribution in [2.45, 2.75) is 32.1 Å². The van der Waals surface area contributed by atoms with Gasteiger partial charge in [-0.25, -0.2) is 9.97 Å². The van der Waals surface area contributed by atoms with Crippen LogP contribution in [0.2, 0.25) is 5.02 Å². The highest BCUT2D eigenvalue weighted by Gasteiger charge is 2.23. The minimum atomic E-state index is 0.247. The molecule has 5 heteroatoms. The number of hydrogen-bond acceptors (Lipinski definition) is 3. The third-order valence-electron chi connectivity index (χ3n) is 4.10. The Kier molecular flexibility index (Phi) is 4.06. The second kappa shape index (κ2) is 5.98. The molecule has 0 spiro atoms. The zero-order chi connectivity index (χ0) is 14.8. The molecule has 2 aromatic rings. The average Bonchev–Trinajstić information content (AvgIpc) is 2.53. The molecule has 3 rings (SSSR count). The van der Waals surface area contributed by atoms with Crippen molar-refractivity contribution in [3.63, 3.8) is 0 Å². The van der Waals surface area contributed by atoms with Crippen molar-refractivity contribution in [1.29, 1.82) is 0 Å². The molecular weight excluding hydrogens is 286 g/mol. The zero-order valence-corrected chi connectivity index (χ0v) is 12.8. The van der Waals surface area contributed by atoms with Crippen LogP contribution >= 0.6 is 11.6 Å². The number of carbonyl (C=O) groups excluding carboxylic acids is 1. The van der Waals surface area contributed by atoms with Gasteiger partial charge in [0.15, 0.2) is 5.65 Å². The van der Waals surface area contributed by atoms with Crippen LogP contribution in [-0.4, -0.2) is 33.9 Å². The standard InChI is InChI=1S/C16H18ClN3O/c1-2-15(21)20-7-5-11(6-8-20)14-4-3-12-9-13(17)10-18-16(12)19-14/h3-4,9-11H,2,5-8H2,1H3. The molecule has 0 bridgehead atoms. The van der Waals surface area contributed by atoms with Crippen LogP contribution in [0.25, 0.3) is 11.0 Å². The van der Waals surface area contributed by atoms with Crippen LogP contribution < -0.4 is 0 Å². The predicted octanol–water partition coefficient (Wildman–Crippen LogP) is 3.40. The van der Waals surface area contributed by atoms with Gasteiger partial charge in [-0.2, -0.15) is 0 Å². The molecule has 0 saturated carbocycles. The Labute approximate surface area is 129 Å². The van der Waals surface area contributed by atoms with E-state index in [0.29, 0.717) is 17.4 Å². The van der Waals surface area contributed by atoms with Crippen LogP contribution in [0.1, 0.15) is 37.8 Å². The van der Waals surface area contributed by atoms with Gasteiger partial charge in [0, 0.05) is 42.7 Å². The summed E-state index contributed by atoms with van der Waals surface area (Å²) < 4.78 is 0. The van der Waals surface area contributed by atoms with Gasteiger partial charge in [0.05, 0.1) is 5.02 Å². The van der Waals surface area contributed by atoms with Crippen molar-refractivity contribution in [2.75, 3.05) is 13.1 Å². The van der Waals surface area contributed by atoms with E-state index in [2.05, 4.69) is 16.0 Å². The largest absolute Gasteiger partial charge is 0.343 e. The smallest absolute Gasteiger partial charge is 0.222 e. The Morgan fingerprint density at radius 2 is 2.14 bits per heavy atom. The normalized spacial score (nSPS) is 16.4. The first-order valence-corrected chi connectivity index (χ1v) is 7.75. The number of halogens is 1. The number of carbonyl (C=O) groups is 1. The molecule has 1 saturated heterocycles. The van der Waals surface area contributed by atoms with Gasteiger partial charge in [0.2, 0.25) is 5.91 Å². The molecule has 4 nitrogen and oxygen atoms in total. The highest BCUT2D eigenvalue weighted by Crippen LogP contribution is 2.28. The number of fused-ring (bicyclic) bond motifs is 1. The topological polar surface area (TPSA) is 46.1 Å². The lowest BCUT2D eigenvalue weighted by molar-refractivity contribution is -0.131. The molecule has 0 aliphatic carbocycles. The quantitative estimate of drug-likeness (QED) is 0.854. The van der Waals surface area contributed by atoms with E-state index < -0.39 is 0 Å². The lowest BCUT2D eigenvalue weighted by atomic mass is 9.92. The van der Waals surface area contributed by atoms with Gasteiger partial charge in [-0.05, 0) is 31.0 Å². The number of aromatic nitrogens is 2. The Morgan fingerprint density at radius 3 is 2.86 bits per heavy atom. The van der Waals surface area contributed by atoms with Crippen molar-refractivity contribution in [1.82, 2.24) is 14.9 Å². The van der Waals surface area contributed by atoms with Gasteiger partial charge in [-0.1, -0.05) is 18.5 Å². The highest BCUT2D eigenvalue weighted by atomic mass is 35.5. The minimum absolute atomic E-state index is 0.247. The Bertz CT molecular complexity index is 666. The van der Waals surface area contributed by atoms with Crippen LogP contribution in [0.4, 0.5) is 0 Å². The second-order valence-corrected chi connectivity index (χ2v) is 5.88. The molecule has 2 aromatic heterocycles. The maximum Gasteiger partial charge on any atom is 0.222 e. The predicted molar refractivity (Wildman–Crippen MR) is 83.4 cm³/mol. The summed E-state index contributed by atoms with van der Waals surface area (Å²) in [7, 11) is 0. The highest BCUT2D eigenvalue weighted by molar-refractivity contribution is 6.31. The number of likely N-dealkylation sites (tertiary alicyclic amines) is 1. The summed E-state index contributed by atoms with van der Waals surface area (Å²) in [5, 5.41) is 1.59. The number of amides is 1. The molecule has 1 aliphatic heterocycles. The summed E-state index contributed by atoms with van der Waals surface area (Å²) in [5.74, 6) is 0.656. The third-order valence-corrected chi connectivity index (χ3v) is 4.31. The molecule has 0 unspecified atom stereocenters. The van der Waals surface area contributed by atoms with E-state index in [9.17, 15) is 4.79 Å². The molecule has 110 valence electrons. The summed E-state index contributed by atoms with van der Waals surface area (Å²) in [6.07, 6.45) is 4.16. The van der Waals surface area contributed by atoms with Crippen molar-refractivity contribution < 1.29 is 4.79 Å². The van der Waals surface area contributed by atoms with Gasteiger partial charge < -0.3 is 4.90 Å². The lowest BCUT2D eigenvalue weighted by Gasteiger charge is -2.31. The van der Waals surface area contributed by atoms with Crippen LogP contribution in [0.3, 0.4) is 0 Å². The molecule has 1 amide bonds. The number of pyridine rings is 2. The molecule has 3 heterocycles. The fraction of sp³-hybridized carbons (Fsp3) is 0.438.